The van der Waals surface area contributed by atoms with E-state index in [2.05, 4.69) is 224 Å². The minimum absolute atomic E-state index is 0.0692. The fourth-order valence-corrected chi connectivity index (χ4v) is 19.3. The second-order valence-electron chi connectivity index (χ2n) is 24.0. The summed E-state index contributed by atoms with van der Waals surface area (Å²) in [5.41, 5.74) is 27.0. The van der Waals surface area contributed by atoms with Crippen LogP contribution in [-0.2, 0) is 15.4 Å². The minimum Gasteiger partial charge on any atom is -0.309 e. The third kappa shape index (κ3) is 7.84. The van der Waals surface area contributed by atoms with Gasteiger partial charge in [0.1, 0.15) is 0 Å². The number of rotatable bonds is 10. The SMILES string of the molecule is C=C(c1ccccc1)c1ccc(-c2ccc(C34CC5CC(C3)CC(c3ccc(P6(=O)c7ccccc7-c7ccccc76)cc3)(C5)C4)cc2)cc1-c1cc(B(c2c(C)cc(C)cc2C)c2c(C)cc(C)cc2C)ccc1C. The fourth-order valence-electron chi connectivity index (χ4n) is 16.2. The highest BCUT2D eigenvalue weighted by Crippen LogP contribution is 2.66. The predicted octanol–water partition coefficient (Wildman–Crippen LogP) is 15.2. The summed E-state index contributed by atoms with van der Waals surface area (Å²) in [5, 5.41) is 2.91. The number of hydrogen-bond donors (Lipinski definition) is 0. The van der Waals surface area contributed by atoms with Crippen LogP contribution < -0.4 is 32.3 Å². The van der Waals surface area contributed by atoms with Crippen molar-refractivity contribution in [2.45, 2.75) is 97.8 Å². The Morgan fingerprint density at radius 1 is 0.474 bits per heavy atom. The van der Waals surface area contributed by atoms with E-state index < -0.39 is 7.14 Å². The summed E-state index contributed by atoms with van der Waals surface area (Å²) in [6, 6.07) is 70.2. The molecule has 0 aromatic heterocycles. The molecule has 14 rings (SSSR count). The molecule has 2 unspecified atom stereocenters. The Bertz CT molecular complexity index is 3690. The van der Waals surface area contributed by atoms with Crippen molar-refractivity contribution >= 4 is 51.7 Å². The summed E-state index contributed by atoms with van der Waals surface area (Å²) in [6.45, 7) is 20.8. The molecule has 0 spiro atoms. The van der Waals surface area contributed by atoms with Gasteiger partial charge < -0.3 is 4.57 Å². The lowest BCUT2D eigenvalue weighted by atomic mass is 9.34. The van der Waals surface area contributed by atoms with E-state index in [9.17, 15) is 0 Å². The first-order chi connectivity index (χ1) is 36.7. The molecule has 1 aliphatic heterocycles. The van der Waals surface area contributed by atoms with Gasteiger partial charge in [-0.15, -0.1) is 0 Å². The lowest BCUT2D eigenvalue weighted by Gasteiger charge is -2.63. The van der Waals surface area contributed by atoms with Crippen molar-refractivity contribution in [2.24, 2.45) is 11.8 Å². The van der Waals surface area contributed by atoms with Crippen molar-refractivity contribution in [1.82, 2.24) is 0 Å². The second kappa shape index (κ2) is 18.4. The molecule has 2 atom stereocenters. The van der Waals surface area contributed by atoms with Gasteiger partial charge >= 0.3 is 0 Å². The van der Waals surface area contributed by atoms with Gasteiger partial charge in [0.2, 0.25) is 6.71 Å². The molecule has 5 aliphatic rings. The molecule has 374 valence electrons. The molecule has 0 N–H and O–H groups in total. The molecule has 3 heteroatoms. The molecule has 9 aromatic rings. The monoisotopic (exact) mass is 1000 g/mol. The summed E-state index contributed by atoms with van der Waals surface area (Å²) in [4.78, 5) is 0. The second-order valence-corrected chi connectivity index (χ2v) is 26.7. The zero-order valence-corrected chi connectivity index (χ0v) is 46.3. The van der Waals surface area contributed by atoms with E-state index in [-0.39, 0.29) is 17.5 Å². The van der Waals surface area contributed by atoms with Crippen molar-refractivity contribution < 1.29 is 4.57 Å². The first-order valence-electron chi connectivity index (χ1n) is 27.9. The Kier molecular flexibility index (Phi) is 11.7. The Morgan fingerprint density at radius 3 is 1.50 bits per heavy atom. The van der Waals surface area contributed by atoms with Gasteiger partial charge in [0.05, 0.1) is 0 Å². The molecule has 4 saturated carbocycles. The van der Waals surface area contributed by atoms with Crippen molar-refractivity contribution in [3.8, 4) is 33.4 Å². The van der Waals surface area contributed by atoms with Gasteiger partial charge in [-0.05, 0) is 182 Å². The Balaban J connectivity index is 0.866. The Labute approximate surface area is 452 Å². The zero-order chi connectivity index (χ0) is 52.3. The van der Waals surface area contributed by atoms with Crippen LogP contribution >= 0.6 is 7.14 Å². The lowest BCUT2D eigenvalue weighted by molar-refractivity contribution is -0.0281. The van der Waals surface area contributed by atoms with E-state index in [1.165, 1.54) is 127 Å². The summed E-state index contributed by atoms with van der Waals surface area (Å²) in [6.07, 6.45) is 7.57. The first-order valence-corrected chi connectivity index (χ1v) is 29.6. The predicted molar refractivity (Wildman–Crippen MR) is 325 cm³/mol. The minimum atomic E-state index is -2.98. The van der Waals surface area contributed by atoms with E-state index >= 15 is 4.57 Å². The normalized spacial score (nSPS) is 20.6. The molecule has 0 radical (unpaired) electrons. The molecule has 4 bridgehead atoms. The van der Waals surface area contributed by atoms with Crippen LogP contribution in [0.4, 0.5) is 0 Å². The quantitative estimate of drug-likeness (QED) is 0.0986. The molecule has 9 aromatic carbocycles. The topological polar surface area (TPSA) is 17.1 Å². The molecule has 0 saturated heterocycles. The van der Waals surface area contributed by atoms with Gasteiger partial charge in [0.15, 0.2) is 7.14 Å². The average molecular weight is 1000 g/mol. The highest BCUT2D eigenvalue weighted by Gasteiger charge is 2.58. The molecule has 4 aliphatic carbocycles. The molecular weight excluding hydrogens is 935 g/mol. The largest absolute Gasteiger partial charge is 0.309 e. The van der Waals surface area contributed by atoms with Crippen LogP contribution in [0.15, 0.2) is 195 Å². The van der Waals surface area contributed by atoms with Gasteiger partial charge in [-0.25, -0.2) is 0 Å². The van der Waals surface area contributed by atoms with Crippen LogP contribution in [0.2, 0.25) is 0 Å². The van der Waals surface area contributed by atoms with Gasteiger partial charge in [-0.1, -0.05) is 238 Å². The van der Waals surface area contributed by atoms with E-state index in [0.717, 1.165) is 55.6 Å². The van der Waals surface area contributed by atoms with Crippen LogP contribution in [0.3, 0.4) is 0 Å². The molecular formula is C73H68BOP. The van der Waals surface area contributed by atoms with E-state index in [4.69, 9.17) is 6.58 Å². The fraction of sp³-hybridized carbons (Fsp3) is 0.233. The van der Waals surface area contributed by atoms with Crippen molar-refractivity contribution in [1.29, 1.82) is 0 Å². The van der Waals surface area contributed by atoms with Gasteiger partial charge in [-0.2, -0.15) is 0 Å². The Morgan fingerprint density at radius 2 is 0.961 bits per heavy atom. The smallest absolute Gasteiger partial charge is 0.242 e. The van der Waals surface area contributed by atoms with E-state index in [1.807, 2.05) is 12.1 Å². The average Bonchev–Trinajstić information content (AvgIpc) is 3.82. The molecule has 1 nitrogen and oxygen atoms in total. The third-order valence-corrected chi connectivity index (χ3v) is 22.1. The summed E-state index contributed by atoms with van der Waals surface area (Å²) in [5.74, 6) is 1.44. The number of hydrogen-bond acceptors (Lipinski definition) is 1. The number of fused-ring (bicyclic) bond motifs is 3. The molecule has 0 amide bonds. The van der Waals surface area contributed by atoms with Gasteiger partial charge in [-0.3, -0.25) is 0 Å². The van der Waals surface area contributed by atoms with Crippen LogP contribution in [0.1, 0.15) is 99.7 Å². The first kappa shape index (κ1) is 48.6. The zero-order valence-electron chi connectivity index (χ0n) is 45.4. The highest BCUT2D eigenvalue weighted by molar-refractivity contribution is 7.86. The van der Waals surface area contributed by atoms with Gasteiger partial charge in [0, 0.05) is 15.9 Å². The van der Waals surface area contributed by atoms with Crippen LogP contribution in [0.25, 0.3) is 39.0 Å². The van der Waals surface area contributed by atoms with Crippen molar-refractivity contribution in [3.63, 3.8) is 0 Å². The molecule has 76 heavy (non-hydrogen) atoms. The highest BCUT2D eigenvalue weighted by atomic mass is 31.2. The summed E-state index contributed by atoms with van der Waals surface area (Å²) >= 11 is 0. The van der Waals surface area contributed by atoms with Crippen LogP contribution in [-0.4, -0.2) is 6.71 Å². The third-order valence-electron chi connectivity index (χ3n) is 18.9. The maximum atomic E-state index is 15.4. The maximum absolute atomic E-state index is 15.4. The number of aryl methyl sites for hydroxylation is 7. The summed E-state index contributed by atoms with van der Waals surface area (Å²) < 4.78 is 15.4. The molecule has 4 fully saturated rings. The van der Waals surface area contributed by atoms with E-state index in [1.54, 1.807) is 0 Å². The van der Waals surface area contributed by atoms with Crippen LogP contribution in [0, 0.1) is 60.3 Å². The van der Waals surface area contributed by atoms with Crippen LogP contribution in [0.5, 0.6) is 0 Å². The van der Waals surface area contributed by atoms with Gasteiger partial charge in [0.25, 0.3) is 0 Å². The standard InChI is InChI=1S/C73H68BOP/c1-46-34-49(4)70(50(5)35-46)74(71-51(6)36-47(2)37-52(71)7)61-30-22-48(3)66(40-61)67-39-58(25-33-63(67)53(8)56-16-10-9-11-17-56)57-23-26-59(27-24-57)72-41-54-38-55(42-72)44-73(43-54,45-72)60-28-31-62(32-29-60)76(75)68-20-14-12-18-64(68)65-19-13-15-21-69(65)76/h9-37,39-40,54-55H,8,38,41-45H2,1-7H3. The Hall–Kier alpha value is -6.99. The van der Waals surface area contributed by atoms with E-state index in [0.29, 0.717) is 0 Å². The van der Waals surface area contributed by atoms with Crippen molar-refractivity contribution in [3.05, 3.63) is 256 Å². The molecule has 1 heterocycles. The van der Waals surface area contributed by atoms with Crippen molar-refractivity contribution in [2.75, 3.05) is 0 Å². The number of benzene rings is 9. The summed E-state index contributed by atoms with van der Waals surface area (Å²) in [7, 11) is -2.98. The lowest BCUT2D eigenvalue weighted by Crippen LogP contribution is -2.56. The maximum Gasteiger partial charge on any atom is 0.242 e.